The molecule has 3 heteroatoms. The van der Waals surface area contributed by atoms with E-state index < -0.39 is 0 Å². The molecule has 100 valence electrons. The summed E-state index contributed by atoms with van der Waals surface area (Å²) in [7, 11) is 0. The molecule has 0 radical (unpaired) electrons. The first kappa shape index (κ1) is 12.4. The third-order valence-corrected chi connectivity index (χ3v) is 5.51. The lowest BCUT2D eigenvalue weighted by Crippen LogP contribution is -2.07. The molecule has 0 amide bonds. The molecule has 1 unspecified atom stereocenters. The number of fused-ring (bicyclic) bond motifs is 2. The number of hydrogen-bond donors (Lipinski definition) is 0. The molecule has 0 N–H and O–H groups in total. The zero-order valence-electron chi connectivity index (χ0n) is 10.9. The Balaban J connectivity index is 1.73. The van der Waals surface area contributed by atoms with E-state index >= 15 is 0 Å². The van der Waals surface area contributed by atoms with Gasteiger partial charge in [-0.1, -0.05) is 41.9 Å². The molecule has 0 fully saturated rings. The van der Waals surface area contributed by atoms with Gasteiger partial charge in [0, 0.05) is 34.7 Å². The van der Waals surface area contributed by atoms with Gasteiger partial charge in [-0.25, -0.2) is 0 Å². The zero-order chi connectivity index (χ0) is 13.5. The first-order valence-corrected chi connectivity index (χ1v) is 8.14. The van der Waals surface area contributed by atoms with Crippen molar-refractivity contribution in [2.45, 2.75) is 17.4 Å². The molecule has 1 aliphatic heterocycles. The quantitative estimate of drug-likeness (QED) is 0.631. The third kappa shape index (κ3) is 1.95. The predicted octanol–water partition coefficient (Wildman–Crippen LogP) is 5.18. The summed E-state index contributed by atoms with van der Waals surface area (Å²) in [4.78, 5) is 1.43. The second kappa shape index (κ2) is 4.87. The monoisotopic (exact) mass is 299 g/mol. The van der Waals surface area contributed by atoms with E-state index in [0.717, 1.165) is 22.8 Å². The fourth-order valence-electron chi connectivity index (χ4n) is 2.98. The molecule has 0 saturated heterocycles. The Kier molecular flexibility index (Phi) is 3.01. The fourth-order valence-corrected chi connectivity index (χ4v) is 4.52. The zero-order valence-corrected chi connectivity index (χ0v) is 12.5. The van der Waals surface area contributed by atoms with Gasteiger partial charge in [0.25, 0.3) is 0 Å². The van der Waals surface area contributed by atoms with E-state index in [1.165, 1.54) is 15.8 Å². The summed E-state index contributed by atoms with van der Waals surface area (Å²) in [6.45, 7) is 0.997. The summed E-state index contributed by atoms with van der Waals surface area (Å²) < 4.78 is 2.30. The topological polar surface area (TPSA) is 4.93 Å². The first-order chi connectivity index (χ1) is 9.83. The molecule has 2 heterocycles. The normalized spacial score (nSPS) is 17.6. The summed E-state index contributed by atoms with van der Waals surface area (Å²) in [5.41, 5.74) is 2.63. The van der Waals surface area contributed by atoms with Crippen molar-refractivity contribution in [1.82, 2.24) is 4.57 Å². The van der Waals surface area contributed by atoms with Crippen molar-refractivity contribution in [3.63, 3.8) is 0 Å². The van der Waals surface area contributed by atoms with Crippen LogP contribution >= 0.6 is 23.4 Å². The fraction of sp³-hybridized carbons (Fsp3) is 0.176. The van der Waals surface area contributed by atoms with Crippen LogP contribution in [0.1, 0.15) is 11.5 Å². The van der Waals surface area contributed by atoms with Gasteiger partial charge in [0.15, 0.2) is 0 Å². The number of nitrogens with zero attached hydrogens (tertiary/aromatic N) is 1. The minimum absolute atomic E-state index is 0.572. The Morgan fingerprint density at radius 3 is 2.95 bits per heavy atom. The molecule has 0 bridgehead atoms. The molecule has 4 rings (SSSR count). The molecular weight excluding hydrogens is 286 g/mol. The number of benzene rings is 2. The molecule has 20 heavy (non-hydrogen) atoms. The lowest BCUT2D eigenvalue weighted by Gasteiger charge is -2.13. The van der Waals surface area contributed by atoms with Gasteiger partial charge in [-0.15, -0.1) is 11.8 Å². The molecule has 0 spiro atoms. The summed E-state index contributed by atoms with van der Waals surface area (Å²) in [5.74, 6) is 1.73. The first-order valence-electron chi connectivity index (χ1n) is 6.78. The summed E-state index contributed by atoms with van der Waals surface area (Å²) >= 11 is 8.32. The Bertz CT molecular complexity index is 778. The maximum absolute atomic E-state index is 6.36. The lowest BCUT2D eigenvalue weighted by molar-refractivity contribution is 0.623. The summed E-state index contributed by atoms with van der Waals surface area (Å²) in [5, 5.41) is 2.06. The largest absolute Gasteiger partial charge is 0.346 e. The minimum Gasteiger partial charge on any atom is -0.346 e. The second-order valence-corrected chi connectivity index (χ2v) is 6.66. The van der Waals surface area contributed by atoms with Crippen LogP contribution in [0.25, 0.3) is 10.9 Å². The van der Waals surface area contributed by atoms with Crippen LogP contribution in [0, 0.1) is 0 Å². The highest BCUT2D eigenvalue weighted by Crippen LogP contribution is 2.40. The number of para-hydroxylation sites is 1. The van der Waals surface area contributed by atoms with Crippen molar-refractivity contribution >= 4 is 34.3 Å². The second-order valence-electron chi connectivity index (χ2n) is 5.19. The Morgan fingerprint density at radius 2 is 2.00 bits per heavy atom. The van der Waals surface area contributed by atoms with Crippen molar-refractivity contribution in [1.29, 1.82) is 0 Å². The van der Waals surface area contributed by atoms with Crippen LogP contribution in [0.5, 0.6) is 0 Å². The molecule has 0 aliphatic carbocycles. The Hall–Kier alpha value is -1.38. The van der Waals surface area contributed by atoms with E-state index in [1.54, 1.807) is 0 Å². The SMILES string of the molecule is Clc1cccc2ccn(CC3CSc4ccccc43)c12. The van der Waals surface area contributed by atoms with Crippen molar-refractivity contribution < 1.29 is 0 Å². The maximum atomic E-state index is 6.36. The highest BCUT2D eigenvalue weighted by molar-refractivity contribution is 7.99. The molecule has 1 nitrogen and oxygen atoms in total. The summed E-state index contributed by atoms with van der Waals surface area (Å²) in [6, 6.07) is 17.0. The van der Waals surface area contributed by atoms with Crippen molar-refractivity contribution in [2.24, 2.45) is 0 Å². The standard InChI is InChI=1S/C17H14ClNS/c18-15-6-3-4-12-8-9-19(17(12)15)10-13-11-20-16-7-2-1-5-14(13)16/h1-9,13H,10-11H2. The van der Waals surface area contributed by atoms with Gasteiger partial charge in [0.1, 0.15) is 0 Å². The van der Waals surface area contributed by atoms with E-state index in [4.69, 9.17) is 11.6 Å². The number of aromatic nitrogens is 1. The number of rotatable bonds is 2. The van der Waals surface area contributed by atoms with Crippen molar-refractivity contribution in [3.05, 3.63) is 65.3 Å². The van der Waals surface area contributed by atoms with Gasteiger partial charge in [-0.05, 0) is 23.8 Å². The van der Waals surface area contributed by atoms with Crippen molar-refractivity contribution in [2.75, 3.05) is 5.75 Å². The van der Waals surface area contributed by atoms with E-state index in [0.29, 0.717) is 5.92 Å². The van der Waals surface area contributed by atoms with Crippen LogP contribution in [-0.4, -0.2) is 10.3 Å². The van der Waals surface area contributed by atoms with Crippen LogP contribution in [0.3, 0.4) is 0 Å². The lowest BCUT2D eigenvalue weighted by atomic mass is 10.0. The molecule has 3 aromatic rings. The van der Waals surface area contributed by atoms with Gasteiger partial charge < -0.3 is 4.57 Å². The van der Waals surface area contributed by atoms with Gasteiger partial charge in [-0.3, -0.25) is 0 Å². The molecule has 0 saturated carbocycles. The average Bonchev–Trinajstić information content (AvgIpc) is 3.06. The van der Waals surface area contributed by atoms with E-state index in [2.05, 4.69) is 47.2 Å². The van der Waals surface area contributed by atoms with E-state index in [1.807, 2.05) is 23.9 Å². The molecule has 1 atom stereocenters. The van der Waals surface area contributed by atoms with Gasteiger partial charge in [-0.2, -0.15) is 0 Å². The van der Waals surface area contributed by atoms with Crippen LogP contribution in [0.15, 0.2) is 59.6 Å². The van der Waals surface area contributed by atoms with Gasteiger partial charge in [0.05, 0.1) is 10.5 Å². The van der Waals surface area contributed by atoms with E-state index in [9.17, 15) is 0 Å². The Morgan fingerprint density at radius 1 is 1.10 bits per heavy atom. The third-order valence-electron chi connectivity index (χ3n) is 3.96. The maximum Gasteiger partial charge on any atom is 0.0669 e. The average molecular weight is 300 g/mol. The Labute approximate surface area is 127 Å². The smallest absolute Gasteiger partial charge is 0.0669 e. The molecule has 1 aromatic heterocycles. The molecule has 1 aliphatic rings. The van der Waals surface area contributed by atoms with Crippen molar-refractivity contribution in [3.8, 4) is 0 Å². The highest BCUT2D eigenvalue weighted by Gasteiger charge is 2.23. The van der Waals surface area contributed by atoms with E-state index in [-0.39, 0.29) is 0 Å². The molecular formula is C17H14ClNS. The summed E-state index contributed by atoms with van der Waals surface area (Å²) in [6.07, 6.45) is 2.15. The predicted molar refractivity (Wildman–Crippen MR) is 86.9 cm³/mol. The highest BCUT2D eigenvalue weighted by atomic mass is 35.5. The number of halogens is 1. The van der Waals surface area contributed by atoms with Crippen LogP contribution in [-0.2, 0) is 6.54 Å². The van der Waals surface area contributed by atoms with Gasteiger partial charge >= 0.3 is 0 Å². The van der Waals surface area contributed by atoms with Crippen LogP contribution < -0.4 is 0 Å². The number of thioether (sulfide) groups is 1. The van der Waals surface area contributed by atoms with Crippen LogP contribution in [0.2, 0.25) is 5.02 Å². The van der Waals surface area contributed by atoms with Crippen LogP contribution in [0.4, 0.5) is 0 Å². The number of hydrogen-bond acceptors (Lipinski definition) is 1. The minimum atomic E-state index is 0.572. The van der Waals surface area contributed by atoms with Gasteiger partial charge in [0.2, 0.25) is 0 Å². The molecule has 2 aromatic carbocycles.